The zero-order chi connectivity index (χ0) is 12.8. The fourth-order valence-electron chi connectivity index (χ4n) is 1.83. The van der Waals surface area contributed by atoms with E-state index in [9.17, 15) is 5.11 Å². The quantitative estimate of drug-likeness (QED) is 0.846. The standard InChI is InChI=1S/C15H18N2O/c1-12(13-7-3-2-4-8-13)17-11-15(18)14-9-5-6-10-16-14/h2-10,12,15,17-18H,11H2,1H3/t12-,15-/m1/s1. The first-order valence-corrected chi connectivity index (χ1v) is 6.14. The minimum absolute atomic E-state index is 0.213. The summed E-state index contributed by atoms with van der Waals surface area (Å²) in [5.41, 5.74) is 1.91. The number of nitrogens with one attached hydrogen (secondary N) is 1. The van der Waals surface area contributed by atoms with Gasteiger partial charge >= 0.3 is 0 Å². The first-order chi connectivity index (χ1) is 8.77. The maximum atomic E-state index is 9.99. The average molecular weight is 242 g/mol. The Morgan fingerprint density at radius 3 is 2.50 bits per heavy atom. The van der Waals surface area contributed by atoms with Gasteiger partial charge in [0.15, 0.2) is 0 Å². The highest BCUT2D eigenvalue weighted by Gasteiger charge is 2.10. The summed E-state index contributed by atoms with van der Waals surface area (Å²) >= 11 is 0. The largest absolute Gasteiger partial charge is 0.385 e. The second-order valence-corrected chi connectivity index (χ2v) is 4.31. The van der Waals surface area contributed by atoms with E-state index in [4.69, 9.17) is 0 Å². The molecule has 0 unspecified atom stereocenters. The molecule has 2 atom stereocenters. The van der Waals surface area contributed by atoms with Crippen LogP contribution >= 0.6 is 0 Å². The number of aliphatic hydroxyl groups is 1. The van der Waals surface area contributed by atoms with Crippen LogP contribution in [0.25, 0.3) is 0 Å². The molecule has 0 bridgehead atoms. The van der Waals surface area contributed by atoms with Gasteiger partial charge in [-0.1, -0.05) is 36.4 Å². The molecular weight excluding hydrogens is 224 g/mol. The SMILES string of the molecule is C[C@@H](NC[C@@H](O)c1ccccn1)c1ccccc1. The van der Waals surface area contributed by atoms with E-state index in [2.05, 4.69) is 29.4 Å². The van der Waals surface area contributed by atoms with E-state index in [-0.39, 0.29) is 6.04 Å². The molecular formula is C15H18N2O. The van der Waals surface area contributed by atoms with E-state index in [0.29, 0.717) is 12.2 Å². The van der Waals surface area contributed by atoms with Gasteiger partial charge in [-0.3, -0.25) is 4.98 Å². The number of aromatic nitrogens is 1. The molecule has 3 nitrogen and oxygen atoms in total. The lowest BCUT2D eigenvalue weighted by Gasteiger charge is -2.17. The molecule has 0 fully saturated rings. The van der Waals surface area contributed by atoms with Crippen molar-refractivity contribution in [3.63, 3.8) is 0 Å². The molecule has 1 heterocycles. The third-order valence-electron chi connectivity index (χ3n) is 2.95. The van der Waals surface area contributed by atoms with Crippen molar-refractivity contribution >= 4 is 0 Å². The summed E-state index contributed by atoms with van der Waals surface area (Å²) in [4.78, 5) is 4.14. The minimum atomic E-state index is -0.572. The molecule has 0 saturated carbocycles. The fraction of sp³-hybridized carbons (Fsp3) is 0.267. The molecule has 0 saturated heterocycles. The molecule has 0 aliphatic heterocycles. The summed E-state index contributed by atoms with van der Waals surface area (Å²) in [6.45, 7) is 2.58. The molecule has 2 aromatic rings. The maximum absolute atomic E-state index is 9.99. The second-order valence-electron chi connectivity index (χ2n) is 4.31. The van der Waals surface area contributed by atoms with Crippen molar-refractivity contribution < 1.29 is 5.11 Å². The van der Waals surface area contributed by atoms with Gasteiger partial charge in [0.05, 0.1) is 5.69 Å². The van der Waals surface area contributed by atoms with Crippen LogP contribution in [0, 0.1) is 0 Å². The van der Waals surface area contributed by atoms with Crippen LogP contribution < -0.4 is 5.32 Å². The van der Waals surface area contributed by atoms with Gasteiger partial charge in [-0.15, -0.1) is 0 Å². The topological polar surface area (TPSA) is 45.1 Å². The summed E-state index contributed by atoms with van der Waals surface area (Å²) in [7, 11) is 0. The predicted molar refractivity (Wildman–Crippen MR) is 72.1 cm³/mol. The van der Waals surface area contributed by atoms with Crippen LogP contribution in [0.4, 0.5) is 0 Å². The maximum Gasteiger partial charge on any atom is 0.108 e. The van der Waals surface area contributed by atoms with Gasteiger partial charge in [-0.2, -0.15) is 0 Å². The van der Waals surface area contributed by atoms with Crippen LogP contribution in [0.3, 0.4) is 0 Å². The molecule has 3 heteroatoms. The third-order valence-corrected chi connectivity index (χ3v) is 2.95. The number of hydrogen-bond donors (Lipinski definition) is 2. The van der Waals surface area contributed by atoms with Gasteiger partial charge < -0.3 is 10.4 Å². The van der Waals surface area contributed by atoms with Crippen molar-refractivity contribution in [2.45, 2.75) is 19.1 Å². The first kappa shape index (κ1) is 12.7. The number of hydrogen-bond acceptors (Lipinski definition) is 3. The zero-order valence-electron chi connectivity index (χ0n) is 10.5. The molecule has 2 N–H and O–H groups in total. The summed E-state index contributed by atoms with van der Waals surface area (Å²) in [6, 6.07) is 16.0. The highest BCUT2D eigenvalue weighted by Crippen LogP contribution is 2.13. The van der Waals surface area contributed by atoms with Crippen LogP contribution in [-0.4, -0.2) is 16.6 Å². The number of rotatable bonds is 5. The van der Waals surface area contributed by atoms with E-state index >= 15 is 0 Å². The Morgan fingerprint density at radius 2 is 1.83 bits per heavy atom. The van der Waals surface area contributed by atoms with Crippen LogP contribution in [0.5, 0.6) is 0 Å². The molecule has 0 aliphatic carbocycles. The van der Waals surface area contributed by atoms with Gasteiger partial charge in [0.25, 0.3) is 0 Å². The molecule has 0 spiro atoms. The van der Waals surface area contributed by atoms with Crippen molar-refractivity contribution in [3.05, 3.63) is 66.0 Å². The molecule has 2 rings (SSSR count). The van der Waals surface area contributed by atoms with Gasteiger partial charge in [-0.05, 0) is 24.6 Å². The first-order valence-electron chi connectivity index (χ1n) is 6.14. The molecule has 0 amide bonds. The third kappa shape index (κ3) is 3.39. The predicted octanol–water partition coefficient (Wildman–Crippen LogP) is 2.47. The van der Waals surface area contributed by atoms with E-state index < -0.39 is 6.10 Å². The van der Waals surface area contributed by atoms with Crippen molar-refractivity contribution in [1.82, 2.24) is 10.3 Å². The van der Waals surface area contributed by atoms with Gasteiger partial charge in [0, 0.05) is 18.8 Å². The fourth-order valence-corrected chi connectivity index (χ4v) is 1.83. The molecule has 18 heavy (non-hydrogen) atoms. The Bertz CT molecular complexity index is 413. The lowest BCUT2D eigenvalue weighted by atomic mass is 10.1. The van der Waals surface area contributed by atoms with E-state index in [1.54, 1.807) is 6.20 Å². The summed E-state index contributed by atoms with van der Waals surface area (Å²) in [5, 5.41) is 13.3. The van der Waals surface area contributed by atoms with Crippen molar-refractivity contribution in [2.75, 3.05) is 6.54 Å². The smallest absolute Gasteiger partial charge is 0.108 e. The van der Waals surface area contributed by atoms with Crippen LogP contribution in [0.1, 0.15) is 30.3 Å². The van der Waals surface area contributed by atoms with Gasteiger partial charge in [-0.25, -0.2) is 0 Å². The Kier molecular flexibility index (Phi) is 4.45. The minimum Gasteiger partial charge on any atom is -0.385 e. The number of nitrogens with zero attached hydrogens (tertiary/aromatic N) is 1. The van der Waals surface area contributed by atoms with Crippen LogP contribution in [0.2, 0.25) is 0 Å². The van der Waals surface area contributed by atoms with Gasteiger partial charge in [0.2, 0.25) is 0 Å². The highest BCUT2D eigenvalue weighted by atomic mass is 16.3. The summed E-state index contributed by atoms with van der Waals surface area (Å²) in [6.07, 6.45) is 1.12. The highest BCUT2D eigenvalue weighted by molar-refractivity contribution is 5.18. The van der Waals surface area contributed by atoms with E-state index in [1.807, 2.05) is 36.4 Å². The normalized spacial score (nSPS) is 14.1. The van der Waals surface area contributed by atoms with Crippen molar-refractivity contribution in [3.8, 4) is 0 Å². The van der Waals surface area contributed by atoms with Gasteiger partial charge in [0.1, 0.15) is 6.10 Å². The van der Waals surface area contributed by atoms with E-state index in [1.165, 1.54) is 5.56 Å². The number of benzene rings is 1. The van der Waals surface area contributed by atoms with Crippen LogP contribution in [0.15, 0.2) is 54.7 Å². The molecule has 0 aliphatic rings. The molecule has 94 valence electrons. The number of pyridine rings is 1. The second kappa shape index (κ2) is 6.28. The molecule has 1 aromatic carbocycles. The summed E-state index contributed by atoms with van der Waals surface area (Å²) in [5.74, 6) is 0. The number of aliphatic hydroxyl groups excluding tert-OH is 1. The Morgan fingerprint density at radius 1 is 1.11 bits per heavy atom. The lowest BCUT2D eigenvalue weighted by Crippen LogP contribution is -2.25. The van der Waals surface area contributed by atoms with Crippen molar-refractivity contribution in [1.29, 1.82) is 0 Å². The molecule has 1 aromatic heterocycles. The monoisotopic (exact) mass is 242 g/mol. The molecule has 0 radical (unpaired) electrons. The Hall–Kier alpha value is -1.71. The van der Waals surface area contributed by atoms with Crippen molar-refractivity contribution in [2.24, 2.45) is 0 Å². The van der Waals surface area contributed by atoms with E-state index in [0.717, 1.165) is 0 Å². The Labute approximate surface area is 108 Å². The lowest BCUT2D eigenvalue weighted by molar-refractivity contribution is 0.166. The van der Waals surface area contributed by atoms with Crippen LogP contribution in [-0.2, 0) is 0 Å². The summed E-state index contributed by atoms with van der Waals surface area (Å²) < 4.78 is 0. The zero-order valence-corrected chi connectivity index (χ0v) is 10.5. The average Bonchev–Trinajstić information content (AvgIpc) is 2.46. The Balaban J connectivity index is 1.89.